The van der Waals surface area contributed by atoms with E-state index < -0.39 is 0 Å². The van der Waals surface area contributed by atoms with Gasteiger partial charge in [-0.1, -0.05) is 27.7 Å². The monoisotopic (exact) mass is 166 g/mol. The van der Waals surface area contributed by atoms with Crippen LogP contribution in [0.15, 0.2) is 6.20 Å². The van der Waals surface area contributed by atoms with Crippen LogP contribution in [0.1, 0.15) is 45.6 Å². The molecule has 0 unspecified atom stereocenters. The zero-order chi connectivity index (χ0) is 9.19. The summed E-state index contributed by atoms with van der Waals surface area (Å²) in [5, 5.41) is 0. The summed E-state index contributed by atoms with van der Waals surface area (Å²) in [7, 11) is 0. The molecule has 1 aromatic rings. The largest absolute Gasteiger partial charge is 0.348 e. The van der Waals surface area contributed by atoms with Crippen molar-refractivity contribution in [1.82, 2.24) is 9.97 Å². The lowest BCUT2D eigenvalue weighted by atomic mass is 9.90. The smallest absolute Gasteiger partial charge is 0.112 e. The normalized spacial score (nSPS) is 12.0. The number of hydrogen-bond donors (Lipinski definition) is 1. The van der Waals surface area contributed by atoms with Gasteiger partial charge in [-0.3, -0.25) is 0 Å². The van der Waals surface area contributed by atoms with Crippen molar-refractivity contribution in [3.05, 3.63) is 17.7 Å². The Kier molecular flexibility index (Phi) is 2.55. The summed E-state index contributed by atoms with van der Waals surface area (Å²) in [5.74, 6) is 1.11. The molecule has 0 bridgehead atoms. The highest BCUT2D eigenvalue weighted by atomic mass is 14.9. The maximum Gasteiger partial charge on any atom is 0.112 e. The Balaban J connectivity index is 2.88. The van der Waals surface area contributed by atoms with Crippen LogP contribution in [0.2, 0.25) is 0 Å². The van der Waals surface area contributed by atoms with Gasteiger partial charge in [0.25, 0.3) is 0 Å². The lowest BCUT2D eigenvalue weighted by Crippen LogP contribution is -2.17. The first-order valence-corrected chi connectivity index (χ1v) is 4.65. The van der Waals surface area contributed by atoms with E-state index in [4.69, 9.17) is 0 Å². The molecule has 0 aliphatic rings. The molecule has 1 heterocycles. The molecule has 2 nitrogen and oxygen atoms in total. The summed E-state index contributed by atoms with van der Waals surface area (Å²) in [5.41, 5.74) is 1.35. The van der Waals surface area contributed by atoms with Crippen LogP contribution in [0.25, 0.3) is 0 Å². The summed E-state index contributed by atoms with van der Waals surface area (Å²) in [6, 6.07) is 0. The van der Waals surface area contributed by atoms with E-state index in [9.17, 15) is 0 Å². The molecule has 0 aliphatic carbocycles. The number of H-pyrrole nitrogens is 1. The molecule has 0 saturated carbocycles. The zero-order valence-electron chi connectivity index (χ0n) is 8.44. The molecular weight excluding hydrogens is 148 g/mol. The van der Waals surface area contributed by atoms with E-state index in [-0.39, 0.29) is 5.41 Å². The highest BCUT2D eigenvalue weighted by Gasteiger charge is 2.21. The van der Waals surface area contributed by atoms with E-state index in [1.54, 1.807) is 0 Å². The first-order valence-electron chi connectivity index (χ1n) is 4.65. The fourth-order valence-corrected chi connectivity index (χ4v) is 1.06. The predicted molar refractivity (Wildman–Crippen MR) is 51.3 cm³/mol. The molecule has 0 spiro atoms. The quantitative estimate of drug-likeness (QED) is 0.734. The molecule has 0 saturated heterocycles. The second kappa shape index (κ2) is 3.30. The van der Waals surface area contributed by atoms with E-state index in [2.05, 4.69) is 37.7 Å². The van der Waals surface area contributed by atoms with Gasteiger partial charge in [0.15, 0.2) is 0 Å². The Morgan fingerprint density at radius 2 is 2.08 bits per heavy atom. The molecule has 1 N–H and O–H groups in total. The summed E-state index contributed by atoms with van der Waals surface area (Å²) in [4.78, 5) is 7.75. The second-order valence-electron chi connectivity index (χ2n) is 3.83. The Labute approximate surface area is 74.4 Å². The molecule has 2 heteroatoms. The predicted octanol–water partition coefficient (Wildman–Crippen LogP) is 2.66. The van der Waals surface area contributed by atoms with Gasteiger partial charge in [-0.2, -0.15) is 0 Å². The average molecular weight is 166 g/mol. The van der Waals surface area contributed by atoms with Crippen LogP contribution >= 0.6 is 0 Å². The number of imidazole rings is 1. The van der Waals surface area contributed by atoms with Crippen molar-refractivity contribution in [2.24, 2.45) is 0 Å². The Hall–Kier alpha value is -0.790. The van der Waals surface area contributed by atoms with Crippen molar-refractivity contribution >= 4 is 0 Å². The topological polar surface area (TPSA) is 28.7 Å². The fourth-order valence-electron chi connectivity index (χ4n) is 1.06. The van der Waals surface area contributed by atoms with Crippen molar-refractivity contribution < 1.29 is 0 Å². The number of nitrogens with one attached hydrogen (secondary N) is 1. The molecule has 0 aliphatic heterocycles. The van der Waals surface area contributed by atoms with Gasteiger partial charge in [0.2, 0.25) is 0 Å². The third-order valence-corrected chi connectivity index (χ3v) is 2.52. The molecule has 12 heavy (non-hydrogen) atoms. The molecule has 1 rings (SSSR count). The van der Waals surface area contributed by atoms with E-state index in [1.807, 2.05) is 6.20 Å². The highest BCUT2D eigenvalue weighted by Crippen LogP contribution is 2.23. The minimum atomic E-state index is 0.188. The number of nitrogens with zero attached hydrogens (tertiary/aromatic N) is 1. The number of rotatable bonds is 3. The van der Waals surface area contributed by atoms with Crippen LogP contribution in [-0.2, 0) is 11.8 Å². The van der Waals surface area contributed by atoms with Crippen molar-refractivity contribution in [3.8, 4) is 0 Å². The minimum Gasteiger partial charge on any atom is -0.348 e. The van der Waals surface area contributed by atoms with Crippen LogP contribution in [0.4, 0.5) is 0 Å². The van der Waals surface area contributed by atoms with Crippen LogP contribution in [0, 0.1) is 0 Å². The van der Waals surface area contributed by atoms with E-state index >= 15 is 0 Å². The van der Waals surface area contributed by atoms with Gasteiger partial charge in [0, 0.05) is 11.6 Å². The third-order valence-electron chi connectivity index (χ3n) is 2.52. The van der Waals surface area contributed by atoms with Gasteiger partial charge in [-0.25, -0.2) is 4.98 Å². The first-order chi connectivity index (χ1) is 5.60. The second-order valence-corrected chi connectivity index (χ2v) is 3.83. The number of aryl methyl sites for hydroxylation is 1. The summed E-state index contributed by atoms with van der Waals surface area (Å²) >= 11 is 0. The van der Waals surface area contributed by atoms with Crippen LogP contribution in [0.5, 0.6) is 0 Å². The number of aromatic amines is 1. The van der Waals surface area contributed by atoms with Crippen LogP contribution in [0.3, 0.4) is 0 Å². The molecule has 68 valence electrons. The lowest BCUT2D eigenvalue weighted by molar-refractivity contribution is 0.477. The van der Waals surface area contributed by atoms with Gasteiger partial charge < -0.3 is 4.98 Å². The molecule has 0 atom stereocenters. The molecule has 0 amide bonds. The number of aromatic nitrogens is 2. The average Bonchev–Trinajstić information content (AvgIpc) is 2.52. The SMILES string of the molecule is CCc1c[nH]c(C(C)(C)CC)n1. The molecule has 0 radical (unpaired) electrons. The van der Waals surface area contributed by atoms with Gasteiger partial charge in [-0.15, -0.1) is 0 Å². The van der Waals surface area contributed by atoms with Gasteiger partial charge >= 0.3 is 0 Å². The van der Waals surface area contributed by atoms with Crippen molar-refractivity contribution in [1.29, 1.82) is 0 Å². The lowest BCUT2D eigenvalue weighted by Gasteiger charge is -2.18. The summed E-state index contributed by atoms with van der Waals surface area (Å²) in [6.07, 6.45) is 4.13. The summed E-state index contributed by atoms with van der Waals surface area (Å²) < 4.78 is 0. The summed E-state index contributed by atoms with van der Waals surface area (Å²) in [6.45, 7) is 8.74. The van der Waals surface area contributed by atoms with Gasteiger partial charge in [0.1, 0.15) is 5.82 Å². The van der Waals surface area contributed by atoms with E-state index in [1.165, 1.54) is 0 Å². The molecule has 1 aromatic heterocycles. The zero-order valence-corrected chi connectivity index (χ0v) is 8.44. The van der Waals surface area contributed by atoms with Gasteiger partial charge in [-0.05, 0) is 12.8 Å². The third kappa shape index (κ3) is 1.68. The van der Waals surface area contributed by atoms with Crippen LogP contribution in [-0.4, -0.2) is 9.97 Å². The maximum absolute atomic E-state index is 4.52. The fraction of sp³-hybridized carbons (Fsp3) is 0.700. The Bertz CT molecular complexity index is 248. The number of hydrogen-bond acceptors (Lipinski definition) is 1. The van der Waals surface area contributed by atoms with Crippen LogP contribution < -0.4 is 0 Å². The Morgan fingerprint density at radius 1 is 1.42 bits per heavy atom. The standard InChI is InChI=1S/C10H18N2/c1-5-8-7-11-9(12-8)10(3,4)6-2/h7H,5-6H2,1-4H3,(H,11,12). The molecule has 0 fully saturated rings. The first kappa shape index (κ1) is 9.30. The molecular formula is C10H18N2. The van der Waals surface area contributed by atoms with Crippen molar-refractivity contribution in [3.63, 3.8) is 0 Å². The minimum absolute atomic E-state index is 0.188. The maximum atomic E-state index is 4.52. The highest BCUT2D eigenvalue weighted by molar-refractivity contribution is 5.09. The van der Waals surface area contributed by atoms with E-state index in [0.717, 1.165) is 24.4 Å². The Morgan fingerprint density at radius 3 is 2.50 bits per heavy atom. The molecule has 0 aromatic carbocycles. The van der Waals surface area contributed by atoms with Gasteiger partial charge in [0.05, 0.1) is 5.69 Å². The van der Waals surface area contributed by atoms with E-state index in [0.29, 0.717) is 0 Å². The van der Waals surface area contributed by atoms with Crippen molar-refractivity contribution in [2.45, 2.75) is 46.0 Å². The van der Waals surface area contributed by atoms with Crippen molar-refractivity contribution in [2.75, 3.05) is 0 Å².